The highest BCUT2D eigenvalue weighted by Crippen LogP contribution is 2.43. The van der Waals surface area contributed by atoms with Crippen molar-refractivity contribution in [2.45, 2.75) is 0 Å². The van der Waals surface area contributed by atoms with E-state index >= 15 is 0 Å². The van der Waals surface area contributed by atoms with Crippen molar-refractivity contribution in [3.05, 3.63) is 54.6 Å². The molecule has 32 radical (unpaired) electrons. The Hall–Kier alpha value is -5.26. The molecule has 11 rings (SSSR count). The molecule has 0 aliphatic rings. The highest BCUT2D eigenvalue weighted by atomic mass is 32.1. The average molecular weight is 801 g/mol. The lowest BCUT2D eigenvalue weighted by Gasteiger charge is -2.25. The van der Waals surface area contributed by atoms with Crippen LogP contribution in [0, 0.1) is 0 Å². The molecular weight excluding hydrogens is 792 g/mol. The maximum Gasteiger partial charge on any atom is 0.180 e. The van der Waals surface area contributed by atoms with E-state index in [-0.39, 0.29) is 131 Å². The van der Waals surface area contributed by atoms with Crippen LogP contribution >= 0.6 is 11.3 Å². The van der Waals surface area contributed by atoms with Gasteiger partial charge >= 0.3 is 0 Å². The quantitative estimate of drug-likeness (QED) is 0.167. The number of fused-ring (bicyclic) bond motifs is 11. The smallest absolute Gasteiger partial charge is 0.180 e. The summed E-state index contributed by atoms with van der Waals surface area (Å²) in [5.41, 5.74) is 4.12. The molecule has 0 N–H and O–H groups in total. The third kappa shape index (κ3) is 5.48. The number of nitrogens with zero attached hydrogens (tertiary/aromatic N) is 3. The number of hydrogen-bond acceptors (Lipinski definition) is 4. The van der Waals surface area contributed by atoms with Gasteiger partial charge < -0.3 is 8.98 Å². The number of para-hydroxylation sites is 1. The Labute approximate surface area is 398 Å². The topological polar surface area (TPSA) is 43.9 Å². The molecule has 0 fully saturated rings. The second-order valence-electron chi connectivity index (χ2n) is 15.9. The average Bonchev–Trinajstić information content (AvgIpc) is 4.00. The molecule has 11 aromatic rings. The van der Waals surface area contributed by atoms with Gasteiger partial charge in [0.25, 0.3) is 0 Å². The fourth-order valence-corrected chi connectivity index (χ4v) is 10.6. The molecule has 0 aliphatic carbocycles. The van der Waals surface area contributed by atoms with Crippen LogP contribution in [0.4, 0.5) is 0 Å². The van der Waals surface area contributed by atoms with Gasteiger partial charge in [-0.25, -0.2) is 9.97 Å². The Kier molecular flexibility index (Phi) is 9.53. The Morgan fingerprint density at radius 1 is 0.415 bits per heavy atom. The van der Waals surface area contributed by atoms with E-state index in [4.69, 9.17) is 140 Å². The van der Waals surface area contributed by atoms with Gasteiger partial charge in [0.15, 0.2) is 11.4 Å². The number of benzene rings is 7. The minimum atomic E-state index is -0.0380. The van der Waals surface area contributed by atoms with Crippen LogP contribution < -0.4 is 87.4 Å². The van der Waals surface area contributed by atoms with Crippen molar-refractivity contribution < 1.29 is 4.42 Å². The van der Waals surface area contributed by atoms with Crippen LogP contribution in [0.3, 0.4) is 0 Å². The summed E-state index contributed by atoms with van der Waals surface area (Å²) in [5, 5.41) is 2.41. The zero-order valence-electron chi connectivity index (χ0n) is 34.1. The zero-order chi connectivity index (χ0) is 46.0. The second kappa shape index (κ2) is 14.6. The van der Waals surface area contributed by atoms with E-state index in [9.17, 15) is 0 Å². The molecule has 7 aromatic carbocycles. The van der Waals surface area contributed by atoms with Gasteiger partial charge in [-0.3, -0.25) is 0 Å². The minimum Gasteiger partial charge on any atom is -0.452 e. The monoisotopic (exact) mass is 803 g/mol. The lowest BCUT2D eigenvalue weighted by atomic mass is 9.61. The maximum absolute atomic E-state index is 7.46. The highest BCUT2D eigenvalue weighted by molar-refractivity contribution is 7.28. The van der Waals surface area contributed by atoms with Crippen LogP contribution in [-0.2, 0) is 0 Å². The second-order valence-corrected chi connectivity index (χ2v) is 16.9. The Morgan fingerprint density at radius 3 is 1.58 bits per heavy atom. The highest BCUT2D eigenvalue weighted by Gasteiger charge is 2.31. The van der Waals surface area contributed by atoms with E-state index in [1.807, 2.05) is 54.6 Å². The molecule has 0 spiro atoms. The summed E-state index contributed by atoms with van der Waals surface area (Å²) < 4.78 is 8.99. The summed E-state index contributed by atoms with van der Waals surface area (Å²) >= 11 is 1.22. The molecule has 260 valence electrons. The summed E-state index contributed by atoms with van der Waals surface area (Å²) in [6.45, 7) is 0. The number of furan rings is 1. The van der Waals surface area contributed by atoms with Crippen molar-refractivity contribution in [2.75, 3.05) is 0 Å². The molecule has 0 aliphatic heterocycles. The van der Waals surface area contributed by atoms with Gasteiger partial charge in [0.1, 0.15) is 142 Å². The van der Waals surface area contributed by atoms with Gasteiger partial charge in [0.05, 0.1) is 5.52 Å². The first kappa shape index (κ1) is 42.4. The third-order valence-corrected chi connectivity index (χ3v) is 13.8. The molecule has 0 saturated heterocycles. The molecule has 0 saturated carbocycles. The summed E-state index contributed by atoms with van der Waals surface area (Å²) in [6, 6.07) is 17.1. The van der Waals surface area contributed by atoms with Gasteiger partial charge in [-0.05, 0) is 33.7 Å². The van der Waals surface area contributed by atoms with Crippen molar-refractivity contribution in [1.82, 2.24) is 14.5 Å². The Bertz CT molecular complexity index is 4030. The standard InChI is InChI=1S/C44H9B16N3OS/c45-20-13-14(23(48)28(53)27(52)21(13)46)38-15(22(20)47)16-24(49)29(54)31(56)34(59)39(16)63(38)40-18-17-25(50)30(55)32(57)35(60)43(17)65-42(18)19(26(51)33(40)58)44-61-36(10-6-2-1-3-7-10)41-37(62-44)11-8-4-5-9-12(11)64-41/h1-9H. The molecule has 65 heavy (non-hydrogen) atoms. The van der Waals surface area contributed by atoms with Crippen LogP contribution in [0.2, 0.25) is 0 Å². The molecule has 4 aromatic heterocycles. The van der Waals surface area contributed by atoms with E-state index < -0.39 is 0 Å². The van der Waals surface area contributed by atoms with Crippen molar-refractivity contribution in [3.63, 3.8) is 0 Å². The van der Waals surface area contributed by atoms with Gasteiger partial charge in [-0.2, -0.15) is 0 Å². The van der Waals surface area contributed by atoms with Crippen molar-refractivity contribution >= 4 is 299 Å². The van der Waals surface area contributed by atoms with Gasteiger partial charge in [0.2, 0.25) is 0 Å². The molecule has 0 atom stereocenters. The Balaban J connectivity index is 1.44. The van der Waals surface area contributed by atoms with Crippen LogP contribution in [0.25, 0.3) is 103 Å². The first-order valence-corrected chi connectivity index (χ1v) is 20.6. The van der Waals surface area contributed by atoms with E-state index in [0.717, 1.165) is 10.9 Å². The van der Waals surface area contributed by atoms with E-state index in [2.05, 4.69) is 0 Å². The first-order valence-electron chi connectivity index (χ1n) is 19.7. The first-order chi connectivity index (χ1) is 31.0. The number of hydrogen-bond donors (Lipinski definition) is 0. The van der Waals surface area contributed by atoms with Gasteiger partial charge in [-0.15, -0.1) is 44.1 Å². The maximum atomic E-state index is 7.46. The SMILES string of the molecule is [B]c1c([B])c([B])c2c(sc3c(-c4nc(-c5ccccc5)c5oc6ccccc6c5n4)c([B])c([B])c(-n4c5c([B])c([B])c([B])c([B])c5c5c([B])c([B])c6c([B])c([B])c([B])c([B])c6c54)c32)c1[B]. The fraction of sp³-hybridized carbons (Fsp3) is 0. The molecule has 21 heteroatoms. The summed E-state index contributed by atoms with van der Waals surface area (Å²) in [5.74, 6) is 0.194. The van der Waals surface area contributed by atoms with E-state index in [0.29, 0.717) is 48.1 Å². The zero-order valence-corrected chi connectivity index (χ0v) is 34.9. The Morgan fingerprint density at radius 2 is 0.923 bits per heavy atom. The third-order valence-electron chi connectivity index (χ3n) is 12.6. The summed E-state index contributed by atoms with van der Waals surface area (Å²) in [4.78, 5) is 10.3. The van der Waals surface area contributed by atoms with Crippen molar-refractivity contribution in [3.8, 4) is 28.3 Å². The lowest BCUT2D eigenvalue weighted by molar-refractivity contribution is 0.667. The molecule has 0 bridgehead atoms. The molecular formula is C44H9B16N3OS. The largest absolute Gasteiger partial charge is 0.452 e. The van der Waals surface area contributed by atoms with Crippen LogP contribution in [-0.4, -0.2) is 140 Å². The number of aromatic nitrogens is 3. The molecule has 0 unspecified atom stereocenters. The van der Waals surface area contributed by atoms with Crippen molar-refractivity contribution in [2.24, 2.45) is 0 Å². The lowest BCUT2D eigenvalue weighted by Crippen LogP contribution is -2.50. The summed E-state index contributed by atoms with van der Waals surface area (Å²) in [7, 11) is 109. The normalized spacial score (nSPS) is 12.1. The van der Waals surface area contributed by atoms with Crippen LogP contribution in [0.5, 0.6) is 0 Å². The number of thiophene rings is 1. The van der Waals surface area contributed by atoms with Crippen LogP contribution in [0.1, 0.15) is 0 Å². The van der Waals surface area contributed by atoms with Crippen LogP contribution in [0.15, 0.2) is 59.0 Å². The summed E-state index contributed by atoms with van der Waals surface area (Å²) in [6.07, 6.45) is 0. The molecule has 0 amide bonds. The predicted molar refractivity (Wildman–Crippen MR) is 291 cm³/mol. The minimum absolute atomic E-state index is 0.00313. The molecule has 4 heterocycles. The van der Waals surface area contributed by atoms with E-state index in [1.165, 1.54) is 11.3 Å². The van der Waals surface area contributed by atoms with Crippen molar-refractivity contribution in [1.29, 1.82) is 0 Å². The van der Waals surface area contributed by atoms with Gasteiger partial charge in [-0.1, -0.05) is 97.1 Å². The fourth-order valence-electron chi connectivity index (χ4n) is 9.28. The predicted octanol–water partition coefficient (Wildman–Crippen LogP) is -6.97. The van der Waals surface area contributed by atoms with E-state index in [1.54, 1.807) is 4.57 Å². The van der Waals surface area contributed by atoms with Gasteiger partial charge in [0, 0.05) is 47.9 Å². The number of rotatable bonds is 3. The molecule has 4 nitrogen and oxygen atoms in total.